The number of rotatable bonds is 8. The second-order valence-corrected chi connectivity index (χ2v) is 7.52. The Bertz CT molecular complexity index is 1180. The van der Waals surface area contributed by atoms with Crippen LogP contribution in [0.25, 0.3) is 0 Å². The molecule has 0 atom stereocenters. The van der Waals surface area contributed by atoms with Crippen molar-refractivity contribution < 1.29 is 23.8 Å². The molecule has 0 aliphatic carbocycles. The van der Waals surface area contributed by atoms with Crippen LogP contribution in [-0.4, -0.2) is 31.8 Å². The van der Waals surface area contributed by atoms with Gasteiger partial charge >= 0.3 is 5.97 Å². The predicted molar refractivity (Wildman–Crippen MR) is 127 cm³/mol. The number of ether oxygens (including phenoxy) is 3. The van der Waals surface area contributed by atoms with Crippen LogP contribution in [0.15, 0.2) is 65.8 Å². The number of halogens is 1. The molecule has 3 aromatic rings. The monoisotopic (exact) mass is 466 g/mol. The van der Waals surface area contributed by atoms with Crippen molar-refractivity contribution in [3.63, 3.8) is 0 Å². The summed E-state index contributed by atoms with van der Waals surface area (Å²) < 4.78 is 16.3. The van der Waals surface area contributed by atoms with Crippen molar-refractivity contribution in [2.45, 2.75) is 13.8 Å². The number of carbonyl (C=O) groups is 2. The van der Waals surface area contributed by atoms with Gasteiger partial charge in [0.05, 0.1) is 18.9 Å². The number of hydrogen-bond donors (Lipinski definition) is 1. The van der Waals surface area contributed by atoms with Crippen molar-refractivity contribution in [1.82, 2.24) is 5.43 Å². The lowest BCUT2D eigenvalue weighted by Crippen LogP contribution is -2.24. The number of hydrazone groups is 1. The summed E-state index contributed by atoms with van der Waals surface area (Å²) in [4.78, 5) is 24.3. The first kappa shape index (κ1) is 23.8. The number of benzene rings is 3. The number of carbonyl (C=O) groups excluding carboxylic acids is 2. The highest BCUT2D eigenvalue weighted by Crippen LogP contribution is 2.28. The summed E-state index contributed by atoms with van der Waals surface area (Å²) in [6.45, 7) is 3.75. The van der Waals surface area contributed by atoms with Crippen LogP contribution in [0, 0.1) is 13.8 Å². The van der Waals surface area contributed by atoms with E-state index in [2.05, 4.69) is 10.5 Å². The number of aryl methyl sites for hydroxylation is 1. The standard InChI is InChI=1S/C25H23ClN2O5/c1-16-5-4-6-21(17(16)2)32-15-24(29)28-27-14-18-7-12-22(23(13-18)31-3)33-25(30)19-8-10-20(26)11-9-19/h4-14H,15H2,1-3H3,(H,28,29). The van der Waals surface area contributed by atoms with Gasteiger partial charge in [-0.25, -0.2) is 10.2 Å². The summed E-state index contributed by atoms with van der Waals surface area (Å²) in [6, 6.07) is 16.9. The molecule has 0 bridgehead atoms. The maximum absolute atomic E-state index is 12.3. The molecule has 0 radical (unpaired) electrons. The summed E-state index contributed by atoms with van der Waals surface area (Å²) >= 11 is 5.84. The minimum atomic E-state index is -0.539. The predicted octanol–water partition coefficient (Wildman–Crippen LogP) is 4.71. The Morgan fingerprint density at radius 2 is 1.76 bits per heavy atom. The van der Waals surface area contributed by atoms with E-state index >= 15 is 0 Å². The van der Waals surface area contributed by atoms with Crippen molar-refractivity contribution in [3.05, 3.63) is 87.9 Å². The Hall–Kier alpha value is -3.84. The third-order valence-electron chi connectivity index (χ3n) is 4.79. The van der Waals surface area contributed by atoms with Gasteiger partial charge in [0.25, 0.3) is 5.91 Å². The molecule has 170 valence electrons. The van der Waals surface area contributed by atoms with E-state index in [1.807, 2.05) is 32.0 Å². The number of esters is 1. The zero-order chi connectivity index (χ0) is 23.8. The summed E-state index contributed by atoms with van der Waals surface area (Å²) in [7, 11) is 1.46. The average Bonchev–Trinajstić information content (AvgIpc) is 2.81. The van der Waals surface area contributed by atoms with Gasteiger partial charge in [-0.15, -0.1) is 0 Å². The normalized spacial score (nSPS) is 10.7. The van der Waals surface area contributed by atoms with Crippen LogP contribution in [0.2, 0.25) is 5.02 Å². The van der Waals surface area contributed by atoms with Crippen molar-refractivity contribution in [3.8, 4) is 17.2 Å². The van der Waals surface area contributed by atoms with E-state index in [1.54, 1.807) is 42.5 Å². The van der Waals surface area contributed by atoms with Gasteiger partial charge in [0.1, 0.15) is 5.75 Å². The van der Waals surface area contributed by atoms with E-state index in [0.29, 0.717) is 27.6 Å². The molecule has 0 spiro atoms. The molecule has 0 fully saturated rings. The Morgan fingerprint density at radius 3 is 2.48 bits per heavy atom. The zero-order valence-corrected chi connectivity index (χ0v) is 19.2. The molecule has 0 unspecified atom stereocenters. The second-order valence-electron chi connectivity index (χ2n) is 7.09. The maximum Gasteiger partial charge on any atom is 0.343 e. The third kappa shape index (κ3) is 6.57. The van der Waals surface area contributed by atoms with Gasteiger partial charge in [-0.3, -0.25) is 4.79 Å². The lowest BCUT2D eigenvalue weighted by atomic mass is 10.1. The van der Waals surface area contributed by atoms with Crippen molar-refractivity contribution in [1.29, 1.82) is 0 Å². The molecule has 0 aliphatic rings. The number of amides is 1. The van der Waals surface area contributed by atoms with E-state index in [1.165, 1.54) is 13.3 Å². The van der Waals surface area contributed by atoms with E-state index in [9.17, 15) is 9.59 Å². The summed E-state index contributed by atoms with van der Waals surface area (Å²) in [6.07, 6.45) is 1.45. The lowest BCUT2D eigenvalue weighted by Gasteiger charge is -2.10. The van der Waals surface area contributed by atoms with Gasteiger partial charge in [0.15, 0.2) is 18.1 Å². The zero-order valence-electron chi connectivity index (χ0n) is 18.4. The SMILES string of the molecule is COc1cc(C=NNC(=O)COc2cccc(C)c2C)ccc1OC(=O)c1ccc(Cl)cc1. The third-order valence-corrected chi connectivity index (χ3v) is 5.04. The number of nitrogens with one attached hydrogen (secondary N) is 1. The molecule has 0 heterocycles. The molecule has 0 aliphatic heterocycles. The highest BCUT2D eigenvalue weighted by molar-refractivity contribution is 6.30. The fourth-order valence-corrected chi connectivity index (χ4v) is 2.95. The van der Waals surface area contributed by atoms with Crippen LogP contribution in [0.3, 0.4) is 0 Å². The lowest BCUT2D eigenvalue weighted by molar-refractivity contribution is -0.123. The molecule has 1 N–H and O–H groups in total. The van der Waals surface area contributed by atoms with E-state index < -0.39 is 11.9 Å². The van der Waals surface area contributed by atoms with Gasteiger partial charge in [-0.05, 0) is 79.1 Å². The minimum absolute atomic E-state index is 0.162. The van der Waals surface area contributed by atoms with E-state index in [0.717, 1.165) is 11.1 Å². The fraction of sp³-hybridized carbons (Fsp3) is 0.160. The Kier molecular flexibility index (Phi) is 8.05. The molecule has 0 saturated heterocycles. The van der Waals surface area contributed by atoms with Crippen LogP contribution in [0.5, 0.6) is 17.2 Å². The molecule has 8 heteroatoms. The maximum atomic E-state index is 12.3. The quantitative estimate of drug-likeness (QED) is 0.225. The van der Waals surface area contributed by atoms with Crippen molar-refractivity contribution >= 4 is 29.7 Å². The highest BCUT2D eigenvalue weighted by atomic mass is 35.5. The topological polar surface area (TPSA) is 86.2 Å². The number of methoxy groups -OCH3 is 1. The van der Waals surface area contributed by atoms with Crippen LogP contribution in [-0.2, 0) is 4.79 Å². The average molecular weight is 467 g/mol. The first-order chi connectivity index (χ1) is 15.9. The minimum Gasteiger partial charge on any atom is -0.493 e. The molecular formula is C25H23ClN2O5. The molecule has 0 aromatic heterocycles. The molecule has 3 rings (SSSR count). The smallest absolute Gasteiger partial charge is 0.343 e. The largest absolute Gasteiger partial charge is 0.493 e. The molecule has 33 heavy (non-hydrogen) atoms. The van der Waals surface area contributed by atoms with Gasteiger partial charge in [-0.2, -0.15) is 5.10 Å². The van der Waals surface area contributed by atoms with Crippen LogP contribution in [0.1, 0.15) is 27.0 Å². The molecule has 3 aromatic carbocycles. The van der Waals surface area contributed by atoms with Crippen molar-refractivity contribution in [2.24, 2.45) is 5.10 Å². The van der Waals surface area contributed by atoms with Crippen LogP contribution >= 0.6 is 11.6 Å². The fourth-order valence-electron chi connectivity index (χ4n) is 2.83. The number of nitrogens with zero attached hydrogens (tertiary/aromatic N) is 1. The molecule has 1 amide bonds. The summed E-state index contributed by atoms with van der Waals surface area (Å²) in [5, 5.41) is 4.46. The first-order valence-corrected chi connectivity index (χ1v) is 10.4. The Labute approximate surface area is 196 Å². The Morgan fingerprint density at radius 1 is 1.00 bits per heavy atom. The Balaban J connectivity index is 1.57. The molecule has 7 nitrogen and oxygen atoms in total. The first-order valence-electron chi connectivity index (χ1n) is 10.0. The van der Waals surface area contributed by atoms with Gasteiger partial charge in [0, 0.05) is 5.02 Å². The van der Waals surface area contributed by atoms with E-state index in [-0.39, 0.29) is 12.4 Å². The van der Waals surface area contributed by atoms with Gasteiger partial charge in [0.2, 0.25) is 0 Å². The molecular weight excluding hydrogens is 444 g/mol. The van der Waals surface area contributed by atoms with Crippen LogP contribution < -0.4 is 19.6 Å². The summed E-state index contributed by atoms with van der Waals surface area (Å²) in [5.74, 6) is 0.309. The second kappa shape index (κ2) is 11.2. The number of hydrogen-bond acceptors (Lipinski definition) is 6. The van der Waals surface area contributed by atoms with Gasteiger partial charge < -0.3 is 14.2 Å². The van der Waals surface area contributed by atoms with Crippen molar-refractivity contribution in [2.75, 3.05) is 13.7 Å². The van der Waals surface area contributed by atoms with E-state index in [4.69, 9.17) is 25.8 Å². The summed E-state index contributed by atoms with van der Waals surface area (Å²) in [5.41, 5.74) is 5.48. The van der Waals surface area contributed by atoms with Crippen LogP contribution in [0.4, 0.5) is 0 Å². The molecule has 0 saturated carbocycles. The highest BCUT2D eigenvalue weighted by Gasteiger charge is 2.13. The van der Waals surface area contributed by atoms with Gasteiger partial charge in [-0.1, -0.05) is 23.7 Å².